The Labute approximate surface area is 251 Å². The van der Waals surface area contributed by atoms with Gasteiger partial charge in [-0.3, -0.25) is 19.3 Å². The summed E-state index contributed by atoms with van der Waals surface area (Å²) in [5.74, 6) is -0.0377. The Morgan fingerprint density at radius 1 is 1.07 bits per heavy atom. The maximum Gasteiger partial charge on any atom is 0.411 e. The van der Waals surface area contributed by atoms with Gasteiger partial charge < -0.3 is 20.3 Å². The number of carbonyl (C=O) groups excluding carboxylic acids is 4. The van der Waals surface area contributed by atoms with Crippen LogP contribution in [-0.2, 0) is 32.0 Å². The molecule has 0 bridgehead atoms. The summed E-state index contributed by atoms with van der Waals surface area (Å²) in [5.41, 5.74) is 1.98. The van der Waals surface area contributed by atoms with Crippen LogP contribution in [-0.4, -0.2) is 64.1 Å². The van der Waals surface area contributed by atoms with Crippen molar-refractivity contribution in [3.8, 4) is 0 Å². The fourth-order valence-corrected chi connectivity index (χ4v) is 6.65. The molecular weight excluding hydrogens is 546 g/mol. The number of nitrogens with one attached hydrogen (secondary N) is 2. The third kappa shape index (κ3) is 4.98. The average molecular weight is 584 g/mol. The molecule has 1 fully saturated rings. The summed E-state index contributed by atoms with van der Waals surface area (Å²) in [7, 11) is 0. The van der Waals surface area contributed by atoms with Gasteiger partial charge in [0.15, 0.2) is 0 Å². The Balaban J connectivity index is 1.21. The second-order valence-electron chi connectivity index (χ2n) is 13.3. The second kappa shape index (κ2) is 10.1. The zero-order valence-corrected chi connectivity index (χ0v) is 25.2. The zero-order chi connectivity index (χ0) is 30.7. The van der Waals surface area contributed by atoms with Crippen molar-refractivity contribution >= 4 is 35.7 Å². The van der Waals surface area contributed by atoms with Crippen LogP contribution in [0.15, 0.2) is 64.9 Å². The van der Waals surface area contributed by atoms with Crippen molar-refractivity contribution in [1.82, 2.24) is 15.1 Å². The highest BCUT2D eigenvalue weighted by Gasteiger charge is 2.53. The van der Waals surface area contributed by atoms with Gasteiger partial charge in [0.2, 0.25) is 17.7 Å². The fraction of sp³-hybridized carbons (Fsp3) is 0.424. The van der Waals surface area contributed by atoms with Crippen molar-refractivity contribution in [2.75, 3.05) is 18.4 Å². The summed E-state index contributed by atoms with van der Waals surface area (Å²) in [5, 5.41) is 5.89. The lowest BCUT2D eigenvalue weighted by Gasteiger charge is -2.49. The van der Waals surface area contributed by atoms with E-state index in [9.17, 15) is 19.2 Å². The predicted molar refractivity (Wildman–Crippen MR) is 161 cm³/mol. The smallest absolute Gasteiger partial charge is 0.411 e. The highest BCUT2D eigenvalue weighted by Crippen LogP contribution is 2.49. The molecule has 10 nitrogen and oxygen atoms in total. The van der Waals surface area contributed by atoms with Gasteiger partial charge in [0.05, 0.1) is 11.5 Å². The number of rotatable bonds is 4. The Bertz CT molecular complexity index is 1590. The summed E-state index contributed by atoms with van der Waals surface area (Å²) in [6.45, 7) is 8.70. The first kappa shape index (κ1) is 28.6. The van der Waals surface area contributed by atoms with Crippen molar-refractivity contribution in [3.63, 3.8) is 0 Å². The van der Waals surface area contributed by atoms with E-state index in [2.05, 4.69) is 15.6 Å². The van der Waals surface area contributed by atoms with E-state index in [1.807, 2.05) is 54.7 Å². The standard InChI is InChI=1S/C33H37N5O5/c1-31(2,3)43-30(42)38-18-25(20-9-7-6-8-10-20)37(29(41)32(38,4)5)19-26(39)35-23-12-11-21-16-33(17-22(21)15-23)24-13-14-34-27(24)36-28(33)40/h6-12,14-15,25H,13,16-19H2,1-5H3,(H,35,39)(H,36,40). The molecule has 0 radical (unpaired) electrons. The topological polar surface area (TPSA) is 120 Å². The maximum atomic E-state index is 14.0. The zero-order valence-electron chi connectivity index (χ0n) is 25.2. The van der Waals surface area contributed by atoms with E-state index in [0.717, 1.165) is 22.3 Å². The number of hydrogen-bond acceptors (Lipinski definition) is 6. The molecule has 1 spiro atoms. The molecular formula is C33H37N5O5. The first-order valence-electron chi connectivity index (χ1n) is 14.6. The molecule has 3 aliphatic heterocycles. The van der Waals surface area contributed by atoms with Crippen molar-refractivity contribution in [1.29, 1.82) is 0 Å². The average Bonchev–Trinajstić information content (AvgIpc) is 3.61. The van der Waals surface area contributed by atoms with Gasteiger partial charge in [-0.1, -0.05) is 36.4 Å². The molecule has 3 heterocycles. The summed E-state index contributed by atoms with van der Waals surface area (Å²) in [4.78, 5) is 60.9. The molecule has 1 saturated heterocycles. The molecule has 2 atom stereocenters. The summed E-state index contributed by atoms with van der Waals surface area (Å²) in [6, 6.07) is 14.6. The van der Waals surface area contributed by atoms with Crippen molar-refractivity contribution in [2.45, 2.75) is 71.1 Å². The van der Waals surface area contributed by atoms with Gasteiger partial charge in [0, 0.05) is 24.9 Å². The largest absolute Gasteiger partial charge is 0.444 e. The van der Waals surface area contributed by atoms with Gasteiger partial charge in [-0.2, -0.15) is 0 Å². The lowest BCUT2D eigenvalue weighted by molar-refractivity contribution is -0.155. The summed E-state index contributed by atoms with van der Waals surface area (Å²) in [6.07, 6.45) is 3.08. The lowest BCUT2D eigenvalue weighted by atomic mass is 9.77. The molecule has 0 aromatic heterocycles. The molecule has 4 amide bonds. The van der Waals surface area contributed by atoms with Gasteiger partial charge in [0.1, 0.15) is 23.5 Å². The molecule has 4 aliphatic rings. The van der Waals surface area contributed by atoms with Crippen LogP contribution in [0, 0.1) is 5.41 Å². The fourth-order valence-electron chi connectivity index (χ4n) is 6.65. The molecule has 10 heteroatoms. The van der Waals surface area contributed by atoms with Crippen LogP contribution in [0.4, 0.5) is 10.5 Å². The molecule has 2 unspecified atom stereocenters. The van der Waals surface area contributed by atoms with Crippen molar-refractivity contribution < 1.29 is 23.9 Å². The number of aliphatic imine (C=N–C) groups is 1. The number of nitrogens with zero attached hydrogens (tertiary/aromatic N) is 3. The number of carbonyl (C=O) groups is 4. The molecule has 2 N–H and O–H groups in total. The third-order valence-electron chi connectivity index (χ3n) is 8.82. The van der Waals surface area contributed by atoms with Crippen LogP contribution >= 0.6 is 0 Å². The molecule has 0 saturated carbocycles. The number of benzene rings is 2. The lowest BCUT2D eigenvalue weighted by Crippen LogP contribution is -2.66. The van der Waals surface area contributed by atoms with E-state index in [0.29, 0.717) is 30.8 Å². The van der Waals surface area contributed by atoms with E-state index in [4.69, 9.17) is 4.74 Å². The Hall–Kier alpha value is -4.47. The quantitative estimate of drug-likeness (QED) is 0.561. The van der Waals surface area contributed by atoms with Crippen LogP contribution in [0.1, 0.15) is 63.8 Å². The van der Waals surface area contributed by atoms with Gasteiger partial charge in [-0.05, 0) is 81.9 Å². The summed E-state index contributed by atoms with van der Waals surface area (Å²) < 4.78 is 5.64. The Kier molecular flexibility index (Phi) is 6.71. The first-order chi connectivity index (χ1) is 20.3. The Morgan fingerprint density at radius 3 is 2.51 bits per heavy atom. The molecule has 6 rings (SSSR count). The minimum Gasteiger partial charge on any atom is -0.444 e. The number of fused-ring (bicyclic) bond motifs is 2. The second-order valence-corrected chi connectivity index (χ2v) is 13.3. The highest BCUT2D eigenvalue weighted by molar-refractivity contribution is 5.98. The molecule has 224 valence electrons. The van der Waals surface area contributed by atoms with E-state index < -0.39 is 28.7 Å². The number of amides is 4. The molecule has 43 heavy (non-hydrogen) atoms. The normalized spacial score (nSPS) is 23.9. The van der Waals surface area contributed by atoms with Gasteiger partial charge in [-0.25, -0.2) is 9.79 Å². The van der Waals surface area contributed by atoms with Gasteiger partial charge in [0.25, 0.3) is 0 Å². The maximum absolute atomic E-state index is 14.0. The molecule has 2 aromatic carbocycles. The van der Waals surface area contributed by atoms with Gasteiger partial charge >= 0.3 is 6.09 Å². The minimum atomic E-state index is -1.23. The van der Waals surface area contributed by atoms with E-state index in [1.54, 1.807) is 39.5 Å². The third-order valence-corrected chi connectivity index (χ3v) is 8.82. The number of piperazine rings is 1. The van der Waals surface area contributed by atoms with Crippen LogP contribution in [0.25, 0.3) is 0 Å². The van der Waals surface area contributed by atoms with Crippen LogP contribution in [0.3, 0.4) is 0 Å². The molecule has 2 aromatic rings. The van der Waals surface area contributed by atoms with Crippen LogP contribution < -0.4 is 10.6 Å². The van der Waals surface area contributed by atoms with Gasteiger partial charge in [-0.15, -0.1) is 0 Å². The SMILES string of the molecule is CC(C)(C)OC(=O)N1CC(c2ccccc2)N(CC(=O)Nc2ccc3c(c2)CC2(C3)C(=O)NC3=C2CC=N3)C(=O)C1(C)C. The minimum absolute atomic E-state index is 0.0188. The summed E-state index contributed by atoms with van der Waals surface area (Å²) >= 11 is 0. The van der Waals surface area contributed by atoms with E-state index in [1.165, 1.54) is 4.90 Å². The molecule has 1 aliphatic carbocycles. The number of ether oxygens (including phenoxy) is 1. The van der Waals surface area contributed by atoms with Crippen LogP contribution in [0.5, 0.6) is 0 Å². The predicted octanol–water partition coefficient (Wildman–Crippen LogP) is 4.13. The van der Waals surface area contributed by atoms with E-state index in [-0.39, 0.29) is 30.8 Å². The Morgan fingerprint density at radius 2 is 1.79 bits per heavy atom. The number of hydrogen-bond donors (Lipinski definition) is 2. The van der Waals surface area contributed by atoms with Crippen LogP contribution in [0.2, 0.25) is 0 Å². The highest BCUT2D eigenvalue weighted by atomic mass is 16.6. The number of anilines is 1. The van der Waals surface area contributed by atoms with Crippen molar-refractivity contribution in [2.24, 2.45) is 10.4 Å². The van der Waals surface area contributed by atoms with Crippen molar-refractivity contribution in [3.05, 3.63) is 76.6 Å². The van der Waals surface area contributed by atoms with E-state index >= 15 is 0 Å². The first-order valence-corrected chi connectivity index (χ1v) is 14.6. The monoisotopic (exact) mass is 583 g/mol.